The van der Waals surface area contributed by atoms with Gasteiger partial charge in [0, 0.05) is 36.6 Å². The van der Waals surface area contributed by atoms with Crippen LogP contribution in [0.3, 0.4) is 0 Å². The lowest BCUT2D eigenvalue weighted by Crippen LogP contribution is -2.39. The van der Waals surface area contributed by atoms with Crippen molar-refractivity contribution in [1.29, 1.82) is 0 Å². The fourth-order valence-electron chi connectivity index (χ4n) is 2.55. The molecule has 0 radical (unpaired) electrons. The number of likely N-dealkylation sites (N-methyl/N-ethyl adjacent to an activating group) is 1. The Kier molecular flexibility index (Phi) is 6.45. The Morgan fingerprint density at radius 1 is 1.52 bits per heavy atom. The van der Waals surface area contributed by atoms with Crippen LogP contribution in [0.4, 0.5) is 0 Å². The number of hydrogen-bond donors (Lipinski definition) is 2. The second-order valence-corrected chi connectivity index (χ2v) is 6.86. The maximum atomic E-state index is 4.72. The first-order chi connectivity index (χ1) is 10.2. The topological polar surface area (TPSA) is 52.6 Å². The Labute approximate surface area is 131 Å². The first kappa shape index (κ1) is 16.2. The van der Waals surface area contributed by atoms with Crippen LogP contribution >= 0.6 is 11.3 Å². The fourth-order valence-corrected chi connectivity index (χ4v) is 3.34. The average molecular weight is 309 g/mol. The lowest BCUT2D eigenvalue weighted by atomic mass is 10.2. The molecule has 1 aliphatic heterocycles. The Morgan fingerprint density at radius 3 is 3.00 bits per heavy atom. The molecule has 1 saturated heterocycles. The van der Waals surface area contributed by atoms with Gasteiger partial charge in [-0.2, -0.15) is 0 Å². The van der Waals surface area contributed by atoms with Crippen LogP contribution in [0.1, 0.15) is 29.7 Å². The number of aliphatic imine (C=N–C) groups is 1. The standard InChI is InChI=1S/C15H27N5S/c1-4-16-15(19-11-13-6-5-9-20(13)3)17-8-7-14-18-10-12(2)21-14/h10,13H,4-9,11H2,1-3H3,(H2,16,17,19). The second-order valence-electron chi connectivity index (χ2n) is 5.54. The quantitative estimate of drug-likeness (QED) is 0.620. The molecule has 5 nitrogen and oxygen atoms in total. The van der Waals surface area contributed by atoms with E-state index in [0.29, 0.717) is 6.04 Å². The third-order valence-electron chi connectivity index (χ3n) is 3.78. The zero-order valence-corrected chi connectivity index (χ0v) is 14.2. The normalized spacial score (nSPS) is 20.0. The highest BCUT2D eigenvalue weighted by atomic mass is 32.1. The van der Waals surface area contributed by atoms with Crippen LogP contribution in [0, 0.1) is 6.92 Å². The molecule has 0 saturated carbocycles. The van der Waals surface area contributed by atoms with Crippen molar-refractivity contribution < 1.29 is 0 Å². The summed E-state index contributed by atoms with van der Waals surface area (Å²) in [7, 11) is 2.19. The molecule has 1 aromatic rings. The van der Waals surface area contributed by atoms with E-state index >= 15 is 0 Å². The Balaban J connectivity index is 1.77. The number of guanidine groups is 1. The van der Waals surface area contributed by atoms with Gasteiger partial charge in [0.1, 0.15) is 0 Å². The first-order valence-corrected chi connectivity index (χ1v) is 8.64. The van der Waals surface area contributed by atoms with Crippen LogP contribution < -0.4 is 10.6 Å². The molecule has 2 rings (SSSR count). The summed E-state index contributed by atoms with van der Waals surface area (Å²) in [4.78, 5) is 12.8. The number of nitrogens with zero attached hydrogens (tertiary/aromatic N) is 3. The van der Waals surface area contributed by atoms with Gasteiger partial charge in [-0.1, -0.05) is 0 Å². The second kappa shape index (κ2) is 8.34. The van der Waals surface area contributed by atoms with Crippen molar-refractivity contribution in [3.05, 3.63) is 16.1 Å². The molecule has 0 bridgehead atoms. The van der Waals surface area contributed by atoms with Gasteiger partial charge in [-0.25, -0.2) is 4.98 Å². The van der Waals surface area contributed by atoms with Gasteiger partial charge >= 0.3 is 0 Å². The van der Waals surface area contributed by atoms with Gasteiger partial charge < -0.3 is 15.5 Å². The number of thiazole rings is 1. The van der Waals surface area contributed by atoms with E-state index in [1.54, 1.807) is 11.3 Å². The zero-order chi connectivity index (χ0) is 15.1. The largest absolute Gasteiger partial charge is 0.357 e. The Morgan fingerprint density at radius 2 is 2.38 bits per heavy atom. The highest BCUT2D eigenvalue weighted by Crippen LogP contribution is 2.14. The average Bonchev–Trinajstić information content (AvgIpc) is 3.05. The van der Waals surface area contributed by atoms with Crippen molar-refractivity contribution in [2.45, 2.75) is 39.2 Å². The highest BCUT2D eigenvalue weighted by molar-refractivity contribution is 7.11. The number of nitrogens with one attached hydrogen (secondary N) is 2. The molecule has 1 aromatic heterocycles. The summed E-state index contributed by atoms with van der Waals surface area (Å²) in [6.07, 6.45) is 5.45. The van der Waals surface area contributed by atoms with Gasteiger partial charge in [0.15, 0.2) is 5.96 Å². The monoisotopic (exact) mass is 309 g/mol. The molecule has 2 N–H and O–H groups in total. The molecule has 6 heteroatoms. The summed E-state index contributed by atoms with van der Waals surface area (Å²) in [6, 6.07) is 0.599. The summed E-state index contributed by atoms with van der Waals surface area (Å²) < 4.78 is 0. The maximum absolute atomic E-state index is 4.72. The number of hydrogen-bond acceptors (Lipinski definition) is 4. The van der Waals surface area contributed by atoms with Gasteiger partial charge in [0.2, 0.25) is 0 Å². The Hall–Kier alpha value is -1.14. The van der Waals surface area contributed by atoms with E-state index in [4.69, 9.17) is 4.99 Å². The number of aryl methyl sites for hydroxylation is 1. The SMILES string of the molecule is CCNC(=NCC1CCCN1C)NCCc1ncc(C)s1. The van der Waals surface area contributed by atoms with Crippen LogP contribution in [0.5, 0.6) is 0 Å². The molecule has 1 atom stereocenters. The highest BCUT2D eigenvalue weighted by Gasteiger charge is 2.20. The molecule has 118 valence electrons. The van der Waals surface area contributed by atoms with Crippen molar-refractivity contribution in [3.8, 4) is 0 Å². The third kappa shape index (κ3) is 5.28. The van der Waals surface area contributed by atoms with E-state index in [-0.39, 0.29) is 0 Å². The summed E-state index contributed by atoms with van der Waals surface area (Å²) >= 11 is 1.77. The van der Waals surface area contributed by atoms with Crippen molar-refractivity contribution in [2.75, 3.05) is 33.2 Å². The minimum Gasteiger partial charge on any atom is -0.357 e. The lowest BCUT2D eigenvalue weighted by Gasteiger charge is -2.18. The fraction of sp³-hybridized carbons (Fsp3) is 0.733. The van der Waals surface area contributed by atoms with Crippen molar-refractivity contribution in [1.82, 2.24) is 20.5 Å². The number of likely N-dealkylation sites (tertiary alicyclic amines) is 1. The number of aromatic nitrogens is 1. The van der Waals surface area contributed by atoms with Crippen molar-refractivity contribution in [2.24, 2.45) is 4.99 Å². The smallest absolute Gasteiger partial charge is 0.191 e. The van der Waals surface area contributed by atoms with Gasteiger partial charge in [-0.3, -0.25) is 4.99 Å². The van der Waals surface area contributed by atoms with E-state index < -0.39 is 0 Å². The van der Waals surface area contributed by atoms with E-state index in [2.05, 4.69) is 41.4 Å². The summed E-state index contributed by atoms with van der Waals surface area (Å²) in [5.41, 5.74) is 0. The van der Waals surface area contributed by atoms with Gasteiger partial charge in [0.05, 0.1) is 11.6 Å². The predicted molar refractivity (Wildman–Crippen MR) is 90.2 cm³/mol. The minimum atomic E-state index is 0.599. The van der Waals surface area contributed by atoms with Crippen LogP contribution in [0.2, 0.25) is 0 Å². The minimum absolute atomic E-state index is 0.599. The van der Waals surface area contributed by atoms with Gasteiger partial charge in [-0.05, 0) is 40.3 Å². The molecule has 1 unspecified atom stereocenters. The molecule has 21 heavy (non-hydrogen) atoms. The molecule has 1 fully saturated rings. The van der Waals surface area contributed by atoms with Crippen LogP contribution in [0.15, 0.2) is 11.2 Å². The summed E-state index contributed by atoms with van der Waals surface area (Å²) in [5, 5.41) is 7.91. The van der Waals surface area contributed by atoms with E-state index in [9.17, 15) is 0 Å². The van der Waals surface area contributed by atoms with Crippen molar-refractivity contribution in [3.63, 3.8) is 0 Å². The molecule has 0 amide bonds. The number of rotatable bonds is 6. The molecule has 2 heterocycles. The first-order valence-electron chi connectivity index (χ1n) is 7.82. The van der Waals surface area contributed by atoms with Crippen molar-refractivity contribution >= 4 is 17.3 Å². The summed E-state index contributed by atoms with van der Waals surface area (Å²) in [5.74, 6) is 0.922. The molecule has 0 spiro atoms. The molecule has 1 aliphatic rings. The lowest BCUT2D eigenvalue weighted by molar-refractivity contribution is 0.317. The van der Waals surface area contributed by atoms with Gasteiger partial charge in [-0.15, -0.1) is 11.3 Å². The van der Waals surface area contributed by atoms with Crippen LogP contribution in [-0.2, 0) is 6.42 Å². The third-order valence-corrected chi connectivity index (χ3v) is 4.75. The molecule has 0 aliphatic carbocycles. The van der Waals surface area contributed by atoms with E-state index in [0.717, 1.165) is 32.0 Å². The van der Waals surface area contributed by atoms with Crippen LogP contribution in [0.25, 0.3) is 0 Å². The zero-order valence-electron chi connectivity index (χ0n) is 13.4. The molecular weight excluding hydrogens is 282 g/mol. The van der Waals surface area contributed by atoms with E-state index in [1.807, 2.05) is 6.20 Å². The predicted octanol–water partition coefficient (Wildman–Crippen LogP) is 1.64. The van der Waals surface area contributed by atoms with Crippen LogP contribution in [-0.4, -0.2) is 55.1 Å². The maximum Gasteiger partial charge on any atom is 0.191 e. The molecular formula is C15H27N5S. The van der Waals surface area contributed by atoms with E-state index in [1.165, 1.54) is 29.3 Å². The molecule has 0 aromatic carbocycles. The Bertz CT molecular complexity index is 457. The van der Waals surface area contributed by atoms with Gasteiger partial charge in [0.25, 0.3) is 0 Å². The summed E-state index contributed by atoms with van der Waals surface area (Å²) in [6.45, 7) is 8.04.